The summed E-state index contributed by atoms with van der Waals surface area (Å²) < 4.78 is 9.66. The van der Waals surface area contributed by atoms with Crippen LogP contribution in [0.2, 0.25) is 5.02 Å². The first kappa shape index (κ1) is 24.8. The van der Waals surface area contributed by atoms with Gasteiger partial charge in [-0.3, -0.25) is 0 Å². The topological polar surface area (TPSA) is 64.3 Å². The van der Waals surface area contributed by atoms with Crippen molar-refractivity contribution in [1.29, 1.82) is 0 Å². The Bertz CT molecular complexity index is 1610. The van der Waals surface area contributed by atoms with Crippen LogP contribution in [0.5, 0.6) is 5.75 Å². The van der Waals surface area contributed by atoms with Crippen LogP contribution < -0.4 is 10.1 Å². The highest BCUT2D eigenvalue weighted by molar-refractivity contribution is 6.30. The fourth-order valence-corrected chi connectivity index (χ4v) is 5.27. The number of hydrogen-bond acceptors (Lipinski definition) is 3. The van der Waals surface area contributed by atoms with E-state index in [9.17, 15) is 4.79 Å². The van der Waals surface area contributed by atoms with E-state index in [-0.39, 0.29) is 12.1 Å². The lowest BCUT2D eigenvalue weighted by Crippen LogP contribution is -2.38. The molecular weight excluding hydrogens is 510 g/mol. The second-order valence-corrected chi connectivity index (χ2v) is 9.84. The largest absolute Gasteiger partial charge is 0.494 e. The maximum absolute atomic E-state index is 14.0. The van der Waals surface area contributed by atoms with E-state index in [1.54, 1.807) is 0 Å². The third kappa shape index (κ3) is 4.66. The molecule has 0 saturated carbocycles. The molecule has 39 heavy (non-hydrogen) atoms. The highest BCUT2D eigenvalue weighted by atomic mass is 35.5. The number of benzene rings is 3. The Morgan fingerprint density at radius 3 is 2.46 bits per heavy atom. The molecule has 3 heterocycles. The number of hydrogen-bond donors (Lipinski definition) is 1. The number of aromatic nitrogens is 3. The highest BCUT2D eigenvalue weighted by Gasteiger charge is 2.36. The number of nitrogens with zero attached hydrogens (tertiary/aromatic N) is 4. The van der Waals surface area contributed by atoms with Crippen LogP contribution in [0.25, 0.3) is 11.5 Å². The number of rotatable bonds is 5. The minimum atomic E-state index is -0.365. The van der Waals surface area contributed by atoms with Gasteiger partial charge in [0.05, 0.1) is 36.3 Å². The molecule has 0 unspecified atom stereocenters. The van der Waals surface area contributed by atoms with Gasteiger partial charge in [-0.05, 0) is 80.1 Å². The summed E-state index contributed by atoms with van der Waals surface area (Å²) in [6.07, 6.45) is 2.03. The first-order chi connectivity index (χ1) is 19.0. The molecule has 1 N–H and O–H groups in total. The van der Waals surface area contributed by atoms with Crippen molar-refractivity contribution in [3.05, 3.63) is 125 Å². The van der Waals surface area contributed by atoms with E-state index in [4.69, 9.17) is 21.4 Å². The smallest absolute Gasteiger partial charge is 0.322 e. The van der Waals surface area contributed by atoms with Gasteiger partial charge in [-0.25, -0.2) is 9.48 Å². The molecule has 8 heteroatoms. The fourth-order valence-electron chi connectivity index (χ4n) is 5.14. The van der Waals surface area contributed by atoms with Crippen molar-refractivity contribution in [3.8, 4) is 17.3 Å². The SMILES string of the molecule is CCOc1ccc(NC(=O)N2Cc3c(C)nn(-c4ccccc4)c3-n3cccc3[C@@H]2c2ccc(Cl)cc2)cc1. The minimum Gasteiger partial charge on any atom is -0.494 e. The second-order valence-electron chi connectivity index (χ2n) is 9.41. The molecule has 1 atom stereocenters. The molecule has 2 amide bonds. The quantitative estimate of drug-likeness (QED) is 0.259. The number of nitrogens with one attached hydrogen (secondary N) is 1. The van der Waals surface area contributed by atoms with Crippen molar-refractivity contribution in [2.45, 2.75) is 26.4 Å². The predicted molar refractivity (Wildman–Crippen MR) is 153 cm³/mol. The number of aryl methyl sites for hydroxylation is 1. The van der Waals surface area contributed by atoms with Gasteiger partial charge < -0.3 is 19.5 Å². The number of urea groups is 1. The van der Waals surface area contributed by atoms with E-state index < -0.39 is 0 Å². The van der Waals surface area contributed by atoms with Crippen molar-refractivity contribution in [1.82, 2.24) is 19.2 Å². The number of carbonyl (C=O) groups is 1. The van der Waals surface area contributed by atoms with Gasteiger partial charge in [-0.2, -0.15) is 5.10 Å². The van der Waals surface area contributed by atoms with Gasteiger partial charge in [0, 0.05) is 22.5 Å². The van der Waals surface area contributed by atoms with E-state index in [0.717, 1.165) is 39.8 Å². The monoisotopic (exact) mass is 537 g/mol. The normalized spacial score (nSPS) is 14.3. The first-order valence-corrected chi connectivity index (χ1v) is 13.3. The Morgan fingerprint density at radius 1 is 1.00 bits per heavy atom. The molecule has 0 bridgehead atoms. The summed E-state index contributed by atoms with van der Waals surface area (Å²) in [6.45, 7) is 4.89. The molecular formula is C31H28ClN5O2. The van der Waals surface area contributed by atoms with E-state index in [1.165, 1.54) is 0 Å². The van der Waals surface area contributed by atoms with Crippen LogP contribution in [-0.2, 0) is 6.54 Å². The van der Waals surface area contributed by atoms with Crippen LogP contribution in [0.4, 0.5) is 10.5 Å². The summed E-state index contributed by atoms with van der Waals surface area (Å²) >= 11 is 6.25. The molecule has 7 nitrogen and oxygen atoms in total. The van der Waals surface area contributed by atoms with Crippen LogP contribution >= 0.6 is 11.6 Å². The molecule has 1 aliphatic rings. The van der Waals surface area contributed by atoms with E-state index in [0.29, 0.717) is 23.9 Å². The van der Waals surface area contributed by atoms with E-state index in [1.807, 2.05) is 115 Å². The lowest BCUT2D eigenvalue weighted by atomic mass is 10.0. The van der Waals surface area contributed by atoms with E-state index in [2.05, 4.69) is 16.0 Å². The Labute approximate surface area is 232 Å². The third-order valence-corrected chi connectivity index (χ3v) is 7.20. The van der Waals surface area contributed by atoms with Crippen LogP contribution in [0, 0.1) is 6.92 Å². The van der Waals surface area contributed by atoms with Crippen LogP contribution in [-0.4, -0.2) is 31.9 Å². The maximum Gasteiger partial charge on any atom is 0.322 e. The maximum atomic E-state index is 14.0. The fraction of sp³-hybridized carbons (Fsp3) is 0.161. The average Bonchev–Trinajstić information content (AvgIpc) is 3.51. The summed E-state index contributed by atoms with van der Waals surface area (Å²) in [5, 5.41) is 8.65. The molecule has 2 aromatic heterocycles. The van der Waals surface area contributed by atoms with Crippen molar-refractivity contribution in [3.63, 3.8) is 0 Å². The van der Waals surface area contributed by atoms with Crippen molar-refractivity contribution >= 4 is 23.3 Å². The Morgan fingerprint density at radius 2 is 1.74 bits per heavy atom. The Balaban J connectivity index is 1.48. The first-order valence-electron chi connectivity index (χ1n) is 12.9. The lowest BCUT2D eigenvalue weighted by molar-refractivity contribution is 0.194. The molecule has 3 aromatic carbocycles. The molecule has 196 valence electrons. The van der Waals surface area contributed by atoms with Crippen molar-refractivity contribution < 1.29 is 9.53 Å². The number of carbonyl (C=O) groups excluding carboxylic acids is 1. The molecule has 6 rings (SSSR count). The number of halogens is 1. The Kier molecular flexibility index (Phi) is 6.59. The standard InChI is InChI=1S/C31H28ClN5O2/c1-3-39-26-17-15-24(16-18-26)33-31(38)36-20-27-21(2)34-37(25-8-5-4-6-9-25)30(27)35-19-7-10-28(35)29(36)22-11-13-23(32)14-12-22/h4-19,29H,3,20H2,1-2H3,(H,33,38)/t29-/m0/s1. The number of fused-ring (bicyclic) bond motifs is 3. The summed E-state index contributed by atoms with van der Waals surface area (Å²) in [5.41, 5.74) is 5.41. The number of amides is 2. The summed E-state index contributed by atoms with van der Waals surface area (Å²) in [6, 6.07) is 28.6. The summed E-state index contributed by atoms with van der Waals surface area (Å²) in [4.78, 5) is 15.9. The molecule has 5 aromatic rings. The van der Waals surface area contributed by atoms with Gasteiger partial charge in [-0.1, -0.05) is 41.9 Å². The van der Waals surface area contributed by atoms with Gasteiger partial charge in [0.1, 0.15) is 11.6 Å². The molecule has 0 aliphatic carbocycles. The highest BCUT2D eigenvalue weighted by Crippen LogP contribution is 2.39. The Hall–Kier alpha value is -4.49. The molecule has 0 saturated heterocycles. The predicted octanol–water partition coefficient (Wildman–Crippen LogP) is 7.16. The zero-order valence-electron chi connectivity index (χ0n) is 21.7. The molecule has 1 aliphatic heterocycles. The van der Waals surface area contributed by atoms with Gasteiger partial charge in [-0.15, -0.1) is 0 Å². The zero-order chi connectivity index (χ0) is 26.9. The molecule has 0 radical (unpaired) electrons. The second kappa shape index (κ2) is 10.3. The molecule has 0 spiro atoms. The van der Waals surface area contributed by atoms with Gasteiger partial charge in [0.2, 0.25) is 0 Å². The van der Waals surface area contributed by atoms with Crippen molar-refractivity contribution in [2.75, 3.05) is 11.9 Å². The van der Waals surface area contributed by atoms with E-state index >= 15 is 0 Å². The molecule has 0 fully saturated rings. The number of ether oxygens (including phenoxy) is 1. The zero-order valence-corrected chi connectivity index (χ0v) is 22.5. The van der Waals surface area contributed by atoms with Crippen LogP contribution in [0.15, 0.2) is 97.2 Å². The summed E-state index contributed by atoms with van der Waals surface area (Å²) in [5.74, 6) is 1.68. The lowest BCUT2D eigenvalue weighted by Gasteiger charge is -2.31. The minimum absolute atomic E-state index is 0.216. The third-order valence-electron chi connectivity index (χ3n) is 6.95. The van der Waals surface area contributed by atoms with Crippen molar-refractivity contribution in [2.24, 2.45) is 0 Å². The average molecular weight is 538 g/mol. The number of para-hydroxylation sites is 1. The number of anilines is 1. The van der Waals surface area contributed by atoms with Crippen LogP contribution in [0.1, 0.15) is 35.5 Å². The van der Waals surface area contributed by atoms with Gasteiger partial charge in [0.15, 0.2) is 0 Å². The summed E-state index contributed by atoms with van der Waals surface area (Å²) in [7, 11) is 0. The van der Waals surface area contributed by atoms with Gasteiger partial charge in [0.25, 0.3) is 0 Å². The van der Waals surface area contributed by atoms with Gasteiger partial charge >= 0.3 is 6.03 Å². The van der Waals surface area contributed by atoms with Crippen LogP contribution in [0.3, 0.4) is 0 Å².